The highest BCUT2D eigenvalue weighted by Gasteiger charge is 2.20. The van der Waals surface area contributed by atoms with Crippen molar-refractivity contribution in [2.24, 2.45) is 0 Å². The standard InChI is InChI=1S/C7H17NO2/c1-5-9-7(3,8-4)10-6-2/h8H,5-6H2,1-4H3. The first-order chi connectivity index (χ1) is 4.68. The van der Waals surface area contributed by atoms with E-state index in [9.17, 15) is 0 Å². The zero-order chi connectivity index (χ0) is 8.04. The van der Waals surface area contributed by atoms with E-state index in [-0.39, 0.29) is 0 Å². The number of hydrogen-bond acceptors (Lipinski definition) is 3. The van der Waals surface area contributed by atoms with Gasteiger partial charge in [0.15, 0.2) is 0 Å². The lowest BCUT2D eigenvalue weighted by Gasteiger charge is -2.27. The Labute approximate surface area is 62.7 Å². The molecule has 0 unspecified atom stereocenters. The van der Waals surface area contributed by atoms with E-state index in [0.29, 0.717) is 13.2 Å². The minimum atomic E-state index is -0.608. The van der Waals surface area contributed by atoms with Crippen LogP contribution < -0.4 is 5.32 Å². The van der Waals surface area contributed by atoms with Crippen LogP contribution in [0.1, 0.15) is 20.8 Å². The van der Waals surface area contributed by atoms with E-state index < -0.39 is 5.91 Å². The molecule has 3 heteroatoms. The Bertz CT molecular complexity index is 79.7. The van der Waals surface area contributed by atoms with Gasteiger partial charge in [0.05, 0.1) is 0 Å². The Balaban J connectivity index is 3.69. The topological polar surface area (TPSA) is 30.5 Å². The van der Waals surface area contributed by atoms with Crippen LogP contribution in [-0.4, -0.2) is 26.2 Å². The second-order valence-corrected chi connectivity index (χ2v) is 2.06. The van der Waals surface area contributed by atoms with Gasteiger partial charge in [0, 0.05) is 20.1 Å². The largest absolute Gasteiger partial charge is 0.338 e. The molecule has 0 atom stereocenters. The van der Waals surface area contributed by atoms with Gasteiger partial charge in [0.25, 0.3) is 0 Å². The van der Waals surface area contributed by atoms with Crippen LogP contribution in [0.2, 0.25) is 0 Å². The first kappa shape index (κ1) is 9.88. The molecule has 0 radical (unpaired) electrons. The number of nitrogens with one attached hydrogen (secondary N) is 1. The van der Waals surface area contributed by atoms with Crippen molar-refractivity contribution in [1.29, 1.82) is 0 Å². The first-order valence-electron chi connectivity index (χ1n) is 3.65. The van der Waals surface area contributed by atoms with Gasteiger partial charge in [-0.05, 0) is 20.9 Å². The molecule has 0 rings (SSSR count). The van der Waals surface area contributed by atoms with Crippen LogP contribution in [0.4, 0.5) is 0 Å². The van der Waals surface area contributed by atoms with Crippen LogP contribution in [0, 0.1) is 0 Å². The highest BCUT2D eigenvalue weighted by atomic mass is 16.7. The average Bonchev–Trinajstić information content (AvgIpc) is 1.89. The summed E-state index contributed by atoms with van der Waals surface area (Å²) in [5.41, 5.74) is 0. The summed E-state index contributed by atoms with van der Waals surface area (Å²) in [6.07, 6.45) is 0. The quantitative estimate of drug-likeness (QED) is 0.587. The van der Waals surface area contributed by atoms with Gasteiger partial charge in [-0.2, -0.15) is 0 Å². The molecule has 0 aromatic heterocycles. The van der Waals surface area contributed by atoms with E-state index in [1.165, 1.54) is 0 Å². The van der Waals surface area contributed by atoms with Crippen molar-refractivity contribution >= 4 is 0 Å². The molecule has 0 aromatic carbocycles. The van der Waals surface area contributed by atoms with Crippen LogP contribution in [-0.2, 0) is 9.47 Å². The fourth-order valence-electron chi connectivity index (χ4n) is 0.737. The molecule has 0 fully saturated rings. The van der Waals surface area contributed by atoms with Gasteiger partial charge in [-0.25, -0.2) is 0 Å². The molecular formula is C7H17NO2. The first-order valence-corrected chi connectivity index (χ1v) is 3.65. The minimum absolute atomic E-state index is 0.608. The molecule has 0 aromatic rings. The third-order valence-corrected chi connectivity index (χ3v) is 1.29. The lowest BCUT2D eigenvalue weighted by molar-refractivity contribution is -0.237. The summed E-state index contributed by atoms with van der Waals surface area (Å²) in [5, 5.41) is 2.94. The van der Waals surface area contributed by atoms with E-state index in [0.717, 1.165) is 0 Å². The van der Waals surface area contributed by atoms with E-state index in [2.05, 4.69) is 5.32 Å². The van der Waals surface area contributed by atoms with Crippen molar-refractivity contribution < 1.29 is 9.47 Å². The van der Waals surface area contributed by atoms with E-state index in [4.69, 9.17) is 9.47 Å². The second-order valence-electron chi connectivity index (χ2n) is 2.06. The zero-order valence-electron chi connectivity index (χ0n) is 7.23. The fourth-order valence-corrected chi connectivity index (χ4v) is 0.737. The summed E-state index contributed by atoms with van der Waals surface area (Å²) in [6, 6.07) is 0. The lowest BCUT2D eigenvalue weighted by Crippen LogP contribution is -2.45. The van der Waals surface area contributed by atoms with Crippen LogP contribution >= 0.6 is 0 Å². The Kier molecular flexibility index (Phi) is 4.60. The molecule has 10 heavy (non-hydrogen) atoms. The Morgan fingerprint density at radius 3 is 1.80 bits per heavy atom. The predicted octanol–water partition coefficient (Wildman–Crippen LogP) is 0.953. The van der Waals surface area contributed by atoms with Crippen LogP contribution in [0.3, 0.4) is 0 Å². The van der Waals surface area contributed by atoms with Gasteiger partial charge >= 0.3 is 0 Å². The van der Waals surface area contributed by atoms with E-state index in [1.54, 1.807) is 0 Å². The zero-order valence-corrected chi connectivity index (χ0v) is 7.23. The predicted molar refractivity (Wildman–Crippen MR) is 40.7 cm³/mol. The molecule has 0 amide bonds. The maximum absolute atomic E-state index is 5.29. The number of hydrogen-bond donors (Lipinski definition) is 1. The summed E-state index contributed by atoms with van der Waals surface area (Å²) in [7, 11) is 1.81. The van der Waals surface area contributed by atoms with Gasteiger partial charge in [-0.3, -0.25) is 5.32 Å². The highest BCUT2D eigenvalue weighted by molar-refractivity contribution is 4.54. The molecule has 0 aliphatic carbocycles. The van der Waals surface area contributed by atoms with Crippen molar-refractivity contribution in [3.8, 4) is 0 Å². The van der Waals surface area contributed by atoms with Gasteiger partial charge < -0.3 is 9.47 Å². The van der Waals surface area contributed by atoms with Crippen molar-refractivity contribution in [2.75, 3.05) is 20.3 Å². The van der Waals surface area contributed by atoms with E-state index >= 15 is 0 Å². The van der Waals surface area contributed by atoms with Gasteiger partial charge in [0.1, 0.15) is 0 Å². The molecule has 3 nitrogen and oxygen atoms in total. The Morgan fingerprint density at radius 2 is 1.60 bits per heavy atom. The minimum Gasteiger partial charge on any atom is -0.338 e. The molecule has 0 spiro atoms. The maximum Gasteiger partial charge on any atom is 0.224 e. The van der Waals surface area contributed by atoms with Crippen molar-refractivity contribution in [1.82, 2.24) is 5.32 Å². The molecule has 62 valence electrons. The second kappa shape index (κ2) is 4.66. The summed E-state index contributed by atoms with van der Waals surface area (Å²) in [5.74, 6) is -0.608. The number of ether oxygens (including phenoxy) is 2. The summed E-state index contributed by atoms with van der Waals surface area (Å²) < 4.78 is 10.6. The molecule has 0 aliphatic rings. The molecule has 0 bridgehead atoms. The molecule has 0 heterocycles. The van der Waals surface area contributed by atoms with Crippen LogP contribution in [0.5, 0.6) is 0 Å². The van der Waals surface area contributed by atoms with E-state index in [1.807, 2.05) is 27.8 Å². The lowest BCUT2D eigenvalue weighted by atomic mass is 10.5. The summed E-state index contributed by atoms with van der Waals surface area (Å²) >= 11 is 0. The third-order valence-electron chi connectivity index (χ3n) is 1.29. The Morgan fingerprint density at radius 1 is 1.20 bits per heavy atom. The van der Waals surface area contributed by atoms with Gasteiger partial charge in [0.2, 0.25) is 5.91 Å². The molecule has 1 N–H and O–H groups in total. The fraction of sp³-hybridized carbons (Fsp3) is 1.00. The van der Waals surface area contributed by atoms with Gasteiger partial charge in [-0.15, -0.1) is 0 Å². The number of rotatable bonds is 5. The molecule has 0 saturated heterocycles. The normalized spacial score (nSPS) is 12.0. The van der Waals surface area contributed by atoms with Crippen molar-refractivity contribution in [2.45, 2.75) is 26.7 Å². The van der Waals surface area contributed by atoms with Crippen LogP contribution in [0.15, 0.2) is 0 Å². The monoisotopic (exact) mass is 147 g/mol. The smallest absolute Gasteiger partial charge is 0.224 e. The summed E-state index contributed by atoms with van der Waals surface area (Å²) in [4.78, 5) is 0. The summed E-state index contributed by atoms with van der Waals surface area (Å²) in [6.45, 7) is 7.04. The molecular weight excluding hydrogens is 130 g/mol. The SMILES string of the molecule is CCOC(C)(NC)OCC. The maximum atomic E-state index is 5.29. The highest BCUT2D eigenvalue weighted by Crippen LogP contribution is 2.05. The van der Waals surface area contributed by atoms with Crippen molar-refractivity contribution in [3.63, 3.8) is 0 Å². The molecule has 0 aliphatic heterocycles. The third kappa shape index (κ3) is 3.15. The molecule has 0 saturated carbocycles. The Hall–Kier alpha value is -0.120. The van der Waals surface area contributed by atoms with Crippen LogP contribution in [0.25, 0.3) is 0 Å². The van der Waals surface area contributed by atoms with Gasteiger partial charge in [-0.1, -0.05) is 0 Å². The average molecular weight is 147 g/mol. The van der Waals surface area contributed by atoms with Crippen molar-refractivity contribution in [3.05, 3.63) is 0 Å².